The number of hydrogen-bond acceptors (Lipinski definition) is 3. The van der Waals surface area contributed by atoms with Crippen molar-refractivity contribution in [1.29, 1.82) is 0 Å². The Kier molecular flexibility index (Phi) is 6.16. The first kappa shape index (κ1) is 17.0. The number of rotatable bonds is 3. The van der Waals surface area contributed by atoms with E-state index in [-0.39, 0.29) is 5.91 Å². The molecule has 1 aliphatic rings. The number of halogens is 3. The van der Waals surface area contributed by atoms with Gasteiger partial charge in [-0.25, -0.2) is 9.86 Å². The molecule has 5 nitrogen and oxygen atoms in total. The van der Waals surface area contributed by atoms with Gasteiger partial charge in [0.1, 0.15) is 6.61 Å². The van der Waals surface area contributed by atoms with E-state index in [9.17, 15) is 18.0 Å². The molecule has 116 valence electrons. The zero-order chi connectivity index (χ0) is 15.9. The van der Waals surface area contributed by atoms with Gasteiger partial charge in [-0.1, -0.05) is 30.3 Å². The molecule has 21 heavy (non-hydrogen) atoms. The summed E-state index contributed by atoms with van der Waals surface area (Å²) in [7, 11) is 0. The summed E-state index contributed by atoms with van der Waals surface area (Å²) in [5.74, 6) is -2.66. The maximum Gasteiger partial charge on any atom is 0.490 e. The number of aliphatic carboxylic acids is 1. The summed E-state index contributed by atoms with van der Waals surface area (Å²) in [6.07, 6.45) is -3.55. The monoisotopic (exact) mass is 305 g/mol. The minimum absolute atomic E-state index is 0.0981. The Morgan fingerprint density at radius 2 is 1.86 bits per heavy atom. The number of benzene rings is 1. The maximum atomic E-state index is 11.2. The molecular weight excluding hydrogens is 291 g/mol. The van der Waals surface area contributed by atoms with Crippen molar-refractivity contribution in [2.24, 2.45) is 0 Å². The number of alkyl halides is 3. The molecule has 1 saturated heterocycles. The summed E-state index contributed by atoms with van der Waals surface area (Å²) >= 11 is 0. The van der Waals surface area contributed by atoms with E-state index in [1.54, 1.807) is 0 Å². The number of hydrogen-bond donors (Lipinski definition) is 1. The van der Waals surface area contributed by atoms with Crippen molar-refractivity contribution in [2.75, 3.05) is 6.54 Å². The second-order valence-electron chi connectivity index (χ2n) is 4.16. The van der Waals surface area contributed by atoms with Crippen LogP contribution >= 0.6 is 0 Å². The average Bonchev–Trinajstić information content (AvgIpc) is 2.83. The van der Waals surface area contributed by atoms with Crippen molar-refractivity contribution < 1.29 is 32.7 Å². The number of carbonyl (C=O) groups excluding carboxylic acids is 1. The van der Waals surface area contributed by atoms with Crippen LogP contribution in [0, 0.1) is 0 Å². The molecule has 8 heteroatoms. The molecule has 1 N–H and O–H groups in total. The Morgan fingerprint density at radius 1 is 1.29 bits per heavy atom. The first-order valence-electron chi connectivity index (χ1n) is 6.08. The number of nitrogens with zero attached hydrogens (tertiary/aromatic N) is 1. The first-order valence-corrected chi connectivity index (χ1v) is 6.08. The highest BCUT2D eigenvalue weighted by Gasteiger charge is 2.38. The molecule has 0 atom stereocenters. The molecule has 2 rings (SSSR count). The lowest BCUT2D eigenvalue weighted by molar-refractivity contribution is -0.192. The van der Waals surface area contributed by atoms with Crippen LogP contribution < -0.4 is 0 Å². The molecule has 1 aliphatic heterocycles. The van der Waals surface area contributed by atoms with Crippen molar-refractivity contribution in [3.8, 4) is 0 Å². The van der Waals surface area contributed by atoms with Crippen LogP contribution in [0.5, 0.6) is 0 Å². The summed E-state index contributed by atoms with van der Waals surface area (Å²) in [5, 5.41) is 8.59. The van der Waals surface area contributed by atoms with Crippen molar-refractivity contribution in [3.63, 3.8) is 0 Å². The highest BCUT2D eigenvalue weighted by Crippen LogP contribution is 2.13. The summed E-state index contributed by atoms with van der Waals surface area (Å²) in [6, 6.07) is 9.86. The standard InChI is InChI=1S/C11H13NO2.C2HF3O2/c13-11-7-4-8-12(11)14-9-10-5-2-1-3-6-10;3-2(4,5)1(6)7/h1-3,5-6H,4,7-9H2;(H,6,7). The Balaban J connectivity index is 0.000000270. The molecule has 1 heterocycles. The molecule has 0 aromatic heterocycles. The van der Waals surface area contributed by atoms with E-state index >= 15 is 0 Å². The van der Waals surface area contributed by atoms with Gasteiger partial charge in [0.15, 0.2) is 0 Å². The van der Waals surface area contributed by atoms with Crippen LogP contribution in [0.25, 0.3) is 0 Å². The van der Waals surface area contributed by atoms with Gasteiger partial charge in [0.25, 0.3) is 0 Å². The van der Waals surface area contributed by atoms with E-state index in [0.717, 1.165) is 18.5 Å². The number of carbonyl (C=O) groups is 2. The van der Waals surface area contributed by atoms with Gasteiger partial charge in [-0.2, -0.15) is 13.2 Å². The molecule has 1 amide bonds. The smallest absolute Gasteiger partial charge is 0.475 e. The molecular formula is C13H14F3NO4. The largest absolute Gasteiger partial charge is 0.490 e. The van der Waals surface area contributed by atoms with Gasteiger partial charge in [-0.05, 0) is 12.0 Å². The zero-order valence-electron chi connectivity index (χ0n) is 11.0. The van der Waals surface area contributed by atoms with Crippen LogP contribution in [0.3, 0.4) is 0 Å². The minimum atomic E-state index is -5.08. The molecule has 0 unspecified atom stereocenters. The first-order chi connectivity index (χ1) is 9.80. The van der Waals surface area contributed by atoms with E-state index < -0.39 is 12.1 Å². The maximum absolute atomic E-state index is 11.2. The second-order valence-corrected chi connectivity index (χ2v) is 4.16. The molecule has 1 aromatic rings. The summed E-state index contributed by atoms with van der Waals surface area (Å²) < 4.78 is 31.7. The summed E-state index contributed by atoms with van der Waals surface area (Å²) in [4.78, 5) is 25.5. The van der Waals surface area contributed by atoms with Crippen molar-refractivity contribution in [3.05, 3.63) is 35.9 Å². The molecule has 0 saturated carbocycles. The van der Waals surface area contributed by atoms with Crippen molar-refractivity contribution in [2.45, 2.75) is 25.6 Å². The lowest BCUT2D eigenvalue weighted by Gasteiger charge is -2.14. The number of carboxylic acid groups (broad SMARTS) is 1. The zero-order valence-corrected chi connectivity index (χ0v) is 11.0. The fraction of sp³-hybridized carbons (Fsp3) is 0.385. The minimum Gasteiger partial charge on any atom is -0.475 e. The van der Waals surface area contributed by atoms with E-state index in [4.69, 9.17) is 14.7 Å². The quantitative estimate of drug-likeness (QED) is 0.931. The van der Waals surface area contributed by atoms with Gasteiger partial charge < -0.3 is 5.11 Å². The lowest BCUT2D eigenvalue weighted by atomic mass is 10.2. The fourth-order valence-electron chi connectivity index (χ4n) is 1.49. The van der Waals surface area contributed by atoms with Gasteiger partial charge in [-0.15, -0.1) is 0 Å². The predicted octanol–water partition coefficient (Wildman–Crippen LogP) is 2.37. The fourth-order valence-corrected chi connectivity index (χ4v) is 1.49. The number of carboxylic acids is 1. The van der Waals surface area contributed by atoms with E-state index in [1.807, 2.05) is 30.3 Å². The molecule has 0 bridgehead atoms. The third kappa shape index (κ3) is 6.26. The summed E-state index contributed by atoms with van der Waals surface area (Å²) in [5.41, 5.74) is 1.09. The normalized spacial score (nSPS) is 14.6. The predicted molar refractivity (Wildman–Crippen MR) is 65.9 cm³/mol. The SMILES string of the molecule is O=C(O)C(F)(F)F.O=C1CCCN1OCc1ccccc1. The molecule has 0 spiro atoms. The summed E-state index contributed by atoms with van der Waals surface area (Å²) in [6.45, 7) is 1.21. The van der Waals surface area contributed by atoms with Crippen LogP contribution in [-0.2, 0) is 21.0 Å². The Morgan fingerprint density at radius 3 is 2.29 bits per heavy atom. The second kappa shape index (κ2) is 7.63. The van der Waals surface area contributed by atoms with Crippen LogP contribution in [0.15, 0.2) is 30.3 Å². The number of hydroxylamine groups is 2. The van der Waals surface area contributed by atoms with Crippen molar-refractivity contribution >= 4 is 11.9 Å². The van der Waals surface area contributed by atoms with Crippen LogP contribution in [-0.4, -0.2) is 34.8 Å². The van der Waals surface area contributed by atoms with Crippen LogP contribution in [0.4, 0.5) is 13.2 Å². The molecule has 0 aliphatic carbocycles. The van der Waals surface area contributed by atoms with E-state index in [2.05, 4.69) is 0 Å². The Bertz CT molecular complexity index is 476. The van der Waals surface area contributed by atoms with Crippen LogP contribution in [0.2, 0.25) is 0 Å². The number of amides is 1. The molecule has 1 fully saturated rings. The lowest BCUT2D eigenvalue weighted by Crippen LogP contribution is -2.24. The van der Waals surface area contributed by atoms with Crippen LogP contribution in [0.1, 0.15) is 18.4 Å². The topological polar surface area (TPSA) is 66.8 Å². The molecule has 0 radical (unpaired) electrons. The average molecular weight is 305 g/mol. The third-order valence-electron chi connectivity index (χ3n) is 2.50. The third-order valence-corrected chi connectivity index (χ3v) is 2.50. The Labute approximate surface area is 118 Å². The highest BCUT2D eigenvalue weighted by atomic mass is 19.4. The van der Waals surface area contributed by atoms with E-state index in [1.165, 1.54) is 5.06 Å². The highest BCUT2D eigenvalue weighted by molar-refractivity contribution is 5.76. The van der Waals surface area contributed by atoms with Gasteiger partial charge >= 0.3 is 12.1 Å². The van der Waals surface area contributed by atoms with Gasteiger partial charge in [0, 0.05) is 13.0 Å². The van der Waals surface area contributed by atoms with Gasteiger partial charge in [0.05, 0.1) is 0 Å². The van der Waals surface area contributed by atoms with Crippen molar-refractivity contribution in [1.82, 2.24) is 5.06 Å². The Hall–Kier alpha value is -2.09. The van der Waals surface area contributed by atoms with E-state index in [0.29, 0.717) is 13.0 Å². The molecule has 1 aromatic carbocycles. The van der Waals surface area contributed by atoms with Gasteiger partial charge in [-0.3, -0.25) is 9.63 Å². The van der Waals surface area contributed by atoms with Gasteiger partial charge in [0.2, 0.25) is 5.91 Å².